The monoisotopic (exact) mass is 880 g/mol. The summed E-state index contributed by atoms with van der Waals surface area (Å²) < 4.78 is 8.94. The predicted molar refractivity (Wildman–Crippen MR) is 290 cm³/mol. The van der Waals surface area contributed by atoms with Crippen LogP contribution in [0.25, 0.3) is 105 Å². The Morgan fingerprint density at radius 3 is 1.41 bits per heavy atom. The molecular formula is C66H44N2O. The molecule has 0 radical (unpaired) electrons. The van der Waals surface area contributed by atoms with Crippen LogP contribution in [0.1, 0.15) is 0 Å². The van der Waals surface area contributed by atoms with Gasteiger partial charge >= 0.3 is 0 Å². The van der Waals surface area contributed by atoms with Crippen molar-refractivity contribution in [2.45, 2.75) is 0 Å². The molecule has 2 aromatic heterocycles. The molecule has 69 heavy (non-hydrogen) atoms. The second-order valence-corrected chi connectivity index (χ2v) is 17.6. The SMILES string of the molecule is c1ccc(-c2ccccc2-c2ccc(N(c3ccc(-c4ccc(-c5ccccc5-n5c6ccccc6c6ccccc65)cc4)cc3)c3cccc(-c4cccc5c4oc4ccccc45)c3)cc2)cc1. The molecule has 0 saturated carbocycles. The van der Waals surface area contributed by atoms with Gasteiger partial charge in [0.05, 0.1) is 16.7 Å². The van der Waals surface area contributed by atoms with E-state index in [1.54, 1.807) is 0 Å². The van der Waals surface area contributed by atoms with E-state index in [-0.39, 0.29) is 0 Å². The fourth-order valence-electron chi connectivity index (χ4n) is 10.4. The highest BCUT2D eigenvalue weighted by Gasteiger charge is 2.19. The predicted octanol–water partition coefficient (Wildman–Crippen LogP) is 18.5. The summed E-state index contributed by atoms with van der Waals surface area (Å²) in [5.41, 5.74) is 20.2. The standard InChI is InChI=1S/C66H44N2O/c1-2-16-47(17-3-1)54-20-4-5-21-55(54)48-38-42-52(43-39-48)67(53-19-14-18-50(44-53)57-26-15-27-61-60-25-9-13-31-65(60)69-66(57)61)51-40-36-46(37-41-51)45-32-34-49(35-33-45)56-22-6-10-28-62(56)68-63-29-11-7-23-58(63)59-24-8-12-30-64(59)68/h1-44H. The van der Waals surface area contributed by atoms with Crippen LogP contribution in [0.3, 0.4) is 0 Å². The highest BCUT2D eigenvalue weighted by atomic mass is 16.3. The second kappa shape index (κ2) is 16.9. The summed E-state index contributed by atoms with van der Waals surface area (Å²) in [6.45, 7) is 0. The molecular weight excluding hydrogens is 837 g/mol. The minimum absolute atomic E-state index is 0.894. The molecule has 3 heteroatoms. The zero-order valence-corrected chi connectivity index (χ0v) is 37.7. The molecule has 324 valence electrons. The van der Waals surface area contributed by atoms with Gasteiger partial charge in [-0.15, -0.1) is 0 Å². The Balaban J connectivity index is 0.871. The summed E-state index contributed by atoms with van der Waals surface area (Å²) >= 11 is 0. The van der Waals surface area contributed by atoms with Crippen LogP contribution in [0.4, 0.5) is 17.1 Å². The Kier molecular flexibility index (Phi) is 9.84. The number of hydrogen-bond donors (Lipinski definition) is 0. The number of furan rings is 1. The fourth-order valence-corrected chi connectivity index (χ4v) is 10.4. The molecule has 13 aromatic rings. The van der Waals surface area contributed by atoms with E-state index in [0.29, 0.717) is 0 Å². The van der Waals surface area contributed by atoms with Crippen LogP contribution in [0.5, 0.6) is 0 Å². The fraction of sp³-hybridized carbons (Fsp3) is 0. The van der Waals surface area contributed by atoms with Gasteiger partial charge in [-0.3, -0.25) is 0 Å². The highest BCUT2D eigenvalue weighted by Crippen LogP contribution is 2.43. The van der Waals surface area contributed by atoms with Crippen LogP contribution < -0.4 is 4.90 Å². The third-order valence-corrected chi connectivity index (χ3v) is 13.6. The lowest BCUT2D eigenvalue weighted by molar-refractivity contribution is 0.670. The van der Waals surface area contributed by atoms with Crippen molar-refractivity contribution in [3.8, 4) is 61.3 Å². The van der Waals surface area contributed by atoms with Gasteiger partial charge in [0, 0.05) is 49.7 Å². The van der Waals surface area contributed by atoms with Crippen LogP contribution in [0, 0.1) is 0 Å². The summed E-state index contributed by atoms with van der Waals surface area (Å²) in [6, 6.07) is 96.0. The topological polar surface area (TPSA) is 21.3 Å². The Morgan fingerprint density at radius 2 is 0.725 bits per heavy atom. The van der Waals surface area contributed by atoms with Gasteiger partial charge in [0.1, 0.15) is 11.2 Å². The third-order valence-electron chi connectivity index (χ3n) is 13.6. The van der Waals surface area contributed by atoms with Gasteiger partial charge in [-0.2, -0.15) is 0 Å². The molecule has 0 bridgehead atoms. The zero-order valence-electron chi connectivity index (χ0n) is 37.7. The number of para-hydroxylation sites is 5. The lowest BCUT2D eigenvalue weighted by Gasteiger charge is -2.26. The average molecular weight is 881 g/mol. The van der Waals surface area contributed by atoms with Gasteiger partial charge in [-0.1, -0.05) is 206 Å². The minimum Gasteiger partial charge on any atom is -0.455 e. The van der Waals surface area contributed by atoms with Crippen molar-refractivity contribution in [1.82, 2.24) is 4.57 Å². The van der Waals surface area contributed by atoms with Crippen LogP contribution >= 0.6 is 0 Å². The summed E-state index contributed by atoms with van der Waals surface area (Å²) in [5.74, 6) is 0. The number of aromatic nitrogens is 1. The Hall–Kier alpha value is -9.18. The third kappa shape index (κ3) is 7.08. The van der Waals surface area contributed by atoms with Gasteiger partial charge < -0.3 is 13.9 Å². The summed E-state index contributed by atoms with van der Waals surface area (Å²) in [4.78, 5) is 2.35. The quantitative estimate of drug-likeness (QED) is 0.144. The number of rotatable bonds is 9. The molecule has 0 aliphatic carbocycles. The van der Waals surface area contributed by atoms with Gasteiger partial charge in [0.2, 0.25) is 0 Å². The van der Waals surface area contributed by atoms with E-state index in [4.69, 9.17) is 4.42 Å². The van der Waals surface area contributed by atoms with Crippen molar-refractivity contribution in [3.05, 3.63) is 267 Å². The molecule has 0 unspecified atom stereocenters. The van der Waals surface area contributed by atoms with Crippen LogP contribution in [-0.2, 0) is 0 Å². The number of benzene rings is 11. The molecule has 0 fully saturated rings. The van der Waals surface area contributed by atoms with E-state index >= 15 is 0 Å². The van der Waals surface area contributed by atoms with Crippen molar-refractivity contribution in [3.63, 3.8) is 0 Å². The van der Waals surface area contributed by atoms with E-state index in [1.807, 2.05) is 12.1 Å². The summed E-state index contributed by atoms with van der Waals surface area (Å²) in [5, 5.41) is 4.76. The van der Waals surface area contributed by atoms with Crippen LogP contribution in [-0.4, -0.2) is 4.57 Å². The van der Waals surface area contributed by atoms with Gasteiger partial charge in [-0.05, 0) is 105 Å². The normalized spacial score (nSPS) is 11.5. The molecule has 0 amide bonds. The largest absolute Gasteiger partial charge is 0.455 e. The van der Waals surface area contributed by atoms with Crippen molar-refractivity contribution in [2.75, 3.05) is 4.90 Å². The van der Waals surface area contributed by atoms with E-state index < -0.39 is 0 Å². The van der Waals surface area contributed by atoms with Crippen LogP contribution in [0.2, 0.25) is 0 Å². The lowest BCUT2D eigenvalue weighted by Crippen LogP contribution is -2.10. The first-order valence-electron chi connectivity index (χ1n) is 23.6. The van der Waals surface area contributed by atoms with Gasteiger partial charge in [-0.25, -0.2) is 0 Å². The number of hydrogen-bond acceptors (Lipinski definition) is 2. The van der Waals surface area contributed by atoms with Gasteiger partial charge in [0.25, 0.3) is 0 Å². The van der Waals surface area contributed by atoms with Gasteiger partial charge in [0.15, 0.2) is 0 Å². The summed E-state index contributed by atoms with van der Waals surface area (Å²) in [7, 11) is 0. The first-order valence-corrected chi connectivity index (χ1v) is 23.6. The van der Waals surface area contributed by atoms with E-state index in [0.717, 1.165) is 61.3 Å². The molecule has 13 rings (SSSR count). The molecule has 3 nitrogen and oxygen atoms in total. The first-order chi connectivity index (χ1) is 34.2. The van der Waals surface area contributed by atoms with Crippen molar-refractivity contribution in [1.29, 1.82) is 0 Å². The number of nitrogens with zero attached hydrogens (tertiary/aromatic N) is 2. The first kappa shape index (κ1) is 40.1. The van der Waals surface area contributed by atoms with Crippen molar-refractivity contribution >= 4 is 60.8 Å². The molecule has 11 aromatic carbocycles. The molecule has 0 atom stereocenters. The lowest BCUT2D eigenvalue weighted by atomic mass is 9.94. The van der Waals surface area contributed by atoms with E-state index in [1.165, 1.54) is 60.9 Å². The number of anilines is 3. The molecule has 0 N–H and O–H groups in total. The maximum absolute atomic E-state index is 6.53. The van der Waals surface area contributed by atoms with Crippen molar-refractivity contribution < 1.29 is 4.42 Å². The molecule has 2 heterocycles. The maximum atomic E-state index is 6.53. The van der Waals surface area contributed by atoms with Crippen molar-refractivity contribution in [2.24, 2.45) is 0 Å². The molecule has 0 saturated heterocycles. The zero-order chi connectivity index (χ0) is 45.7. The smallest absolute Gasteiger partial charge is 0.143 e. The maximum Gasteiger partial charge on any atom is 0.143 e. The highest BCUT2D eigenvalue weighted by molar-refractivity contribution is 6.11. The Bertz CT molecular complexity index is 3940. The molecule has 0 aliphatic rings. The summed E-state index contributed by atoms with van der Waals surface area (Å²) in [6.07, 6.45) is 0. The Labute approximate surface area is 401 Å². The average Bonchev–Trinajstić information content (AvgIpc) is 3.98. The van der Waals surface area contributed by atoms with E-state index in [2.05, 4.69) is 264 Å². The second-order valence-electron chi connectivity index (χ2n) is 17.6. The van der Waals surface area contributed by atoms with Crippen LogP contribution in [0.15, 0.2) is 271 Å². The van der Waals surface area contributed by atoms with E-state index in [9.17, 15) is 0 Å². The molecule has 0 aliphatic heterocycles. The number of fused-ring (bicyclic) bond motifs is 6. The minimum atomic E-state index is 0.894. The Morgan fingerprint density at radius 1 is 0.275 bits per heavy atom. The molecule has 0 spiro atoms.